The second-order valence-corrected chi connectivity index (χ2v) is 9.98. The van der Waals surface area contributed by atoms with Gasteiger partial charge in [0.1, 0.15) is 28.8 Å². The molecule has 0 spiro atoms. The number of rotatable bonds is 9. The number of nitriles is 1. The van der Waals surface area contributed by atoms with Crippen LogP contribution in [-0.2, 0) is 16.1 Å². The molecule has 1 aliphatic rings. The molecular weight excluding hydrogens is 571 g/mol. The molecular formula is C28H30Cl2N6O5. The number of carbonyl (C=O) groups excluding carboxylic acids is 1. The first-order valence-electron chi connectivity index (χ1n) is 12.9. The predicted molar refractivity (Wildman–Crippen MR) is 157 cm³/mol. The molecule has 1 saturated heterocycles. The van der Waals surface area contributed by atoms with E-state index in [2.05, 4.69) is 15.3 Å². The number of nitrogens with one attached hydrogen (secondary N) is 1. The lowest BCUT2D eigenvalue weighted by molar-refractivity contribution is -0.130. The fourth-order valence-corrected chi connectivity index (χ4v) is 5.47. The van der Waals surface area contributed by atoms with Crippen LogP contribution in [0.2, 0.25) is 10.0 Å². The number of hydrogen-bond donors (Lipinski definition) is 1. The fourth-order valence-electron chi connectivity index (χ4n) is 4.76. The Morgan fingerprint density at radius 1 is 1.24 bits per heavy atom. The van der Waals surface area contributed by atoms with Crippen molar-refractivity contribution >= 4 is 46.1 Å². The summed E-state index contributed by atoms with van der Waals surface area (Å²) in [6.07, 6.45) is 4.35. The van der Waals surface area contributed by atoms with Crippen molar-refractivity contribution in [1.29, 1.82) is 5.26 Å². The SMILES string of the molecule is C/C=C(\C#N)C(=O)N1CCCC(OCCn2c(=O)c(-c3c(Cl)c(OC)cc(OC)c3Cl)cc3cnc(NC)nc32)C1. The number of ether oxygens (including phenoxy) is 3. The van der Waals surface area contributed by atoms with E-state index in [0.29, 0.717) is 41.6 Å². The van der Waals surface area contributed by atoms with Crippen LogP contribution in [-0.4, -0.2) is 72.4 Å². The van der Waals surface area contributed by atoms with E-state index in [0.717, 1.165) is 12.8 Å². The van der Waals surface area contributed by atoms with E-state index in [1.54, 1.807) is 37.2 Å². The topological polar surface area (TPSA) is 132 Å². The van der Waals surface area contributed by atoms with Crippen LogP contribution < -0.4 is 20.3 Å². The number of benzene rings is 1. The summed E-state index contributed by atoms with van der Waals surface area (Å²) in [6, 6.07) is 5.13. The highest BCUT2D eigenvalue weighted by atomic mass is 35.5. The van der Waals surface area contributed by atoms with E-state index in [1.807, 2.05) is 6.07 Å². The number of piperidine rings is 1. The maximum Gasteiger partial charge on any atom is 0.264 e. The molecule has 1 unspecified atom stereocenters. The molecule has 4 rings (SSSR count). The highest BCUT2D eigenvalue weighted by Crippen LogP contribution is 2.45. The van der Waals surface area contributed by atoms with Crippen molar-refractivity contribution in [3.8, 4) is 28.7 Å². The Balaban J connectivity index is 1.69. The number of hydrogen-bond acceptors (Lipinski definition) is 9. The first-order valence-corrected chi connectivity index (χ1v) is 13.7. The van der Waals surface area contributed by atoms with Gasteiger partial charge in [0.2, 0.25) is 5.95 Å². The number of fused-ring (bicyclic) bond motifs is 1. The van der Waals surface area contributed by atoms with Gasteiger partial charge in [-0.25, -0.2) is 4.98 Å². The number of likely N-dealkylation sites (tertiary alicyclic amines) is 1. The zero-order valence-electron chi connectivity index (χ0n) is 23.2. The van der Waals surface area contributed by atoms with Gasteiger partial charge in [-0.2, -0.15) is 10.2 Å². The Morgan fingerprint density at radius 2 is 1.95 bits per heavy atom. The van der Waals surface area contributed by atoms with Gasteiger partial charge < -0.3 is 24.4 Å². The molecule has 3 heterocycles. The second-order valence-electron chi connectivity index (χ2n) is 9.22. The van der Waals surface area contributed by atoms with Crippen LogP contribution in [0.4, 0.5) is 5.95 Å². The molecule has 41 heavy (non-hydrogen) atoms. The molecule has 216 valence electrons. The standard InChI is InChI=1S/C28H30Cl2N6O5/c1-5-16(13-31)26(37)35-8-6-7-18(15-35)41-10-9-36-25-17(14-33-28(32-2)34-25)11-19(27(36)38)22-23(29)20(39-3)12-21(40-4)24(22)30/h5,11-12,14,18H,6-10,15H2,1-4H3,(H,32,33,34)/b16-5+. The number of methoxy groups -OCH3 is 2. The summed E-state index contributed by atoms with van der Waals surface area (Å²) in [5.41, 5.74) is 0.592. The van der Waals surface area contributed by atoms with Gasteiger partial charge >= 0.3 is 0 Å². The van der Waals surface area contributed by atoms with E-state index in [9.17, 15) is 14.9 Å². The molecule has 2 aromatic heterocycles. The Morgan fingerprint density at radius 3 is 2.56 bits per heavy atom. The van der Waals surface area contributed by atoms with Crippen molar-refractivity contribution in [3.05, 3.63) is 50.4 Å². The Hall–Kier alpha value is -3.85. The smallest absolute Gasteiger partial charge is 0.264 e. The van der Waals surface area contributed by atoms with E-state index in [1.165, 1.54) is 24.9 Å². The van der Waals surface area contributed by atoms with E-state index < -0.39 is 5.56 Å². The Bertz CT molecular complexity index is 1570. The molecule has 1 fully saturated rings. The van der Waals surface area contributed by atoms with Crippen molar-refractivity contribution in [2.24, 2.45) is 0 Å². The average molecular weight is 601 g/mol. The number of carbonyl (C=O) groups is 1. The van der Waals surface area contributed by atoms with Crippen molar-refractivity contribution in [2.45, 2.75) is 32.4 Å². The third-order valence-electron chi connectivity index (χ3n) is 6.87. The third-order valence-corrected chi connectivity index (χ3v) is 7.62. The summed E-state index contributed by atoms with van der Waals surface area (Å²) < 4.78 is 18.4. The molecule has 3 aromatic rings. The van der Waals surface area contributed by atoms with Gasteiger partial charge in [0.15, 0.2) is 0 Å². The first kappa shape index (κ1) is 30.1. The van der Waals surface area contributed by atoms with Gasteiger partial charge in [-0.1, -0.05) is 29.3 Å². The van der Waals surface area contributed by atoms with Crippen LogP contribution >= 0.6 is 23.2 Å². The molecule has 0 radical (unpaired) electrons. The predicted octanol–water partition coefficient (Wildman–Crippen LogP) is 4.30. The minimum Gasteiger partial charge on any atom is -0.495 e. The van der Waals surface area contributed by atoms with Gasteiger partial charge in [-0.3, -0.25) is 14.2 Å². The summed E-state index contributed by atoms with van der Waals surface area (Å²) in [7, 11) is 4.60. The quantitative estimate of drug-likeness (QED) is 0.282. The normalized spacial score (nSPS) is 15.5. The summed E-state index contributed by atoms with van der Waals surface area (Å²) >= 11 is 13.3. The Kier molecular flexibility index (Phi) is 9.70. The van der Waals surface area contributed by atoms with E-state index in [4.69, 9.17) is 37.4 Å². The van der Waals surface area contributed by atoms with Crippen molar-refractivity contribution < 1.29 is 19.0 Å². The molecule has 13 heteroatoms. The molecule has 1 amide bonds. The minimum absolute atomic E-state index is 0.104. The van der Waals surface area contributed by atoms with Crippen LogP contribution in [0.1, 0.15) is 19.8 Å². The van der Waals surface area contributed by atoms with Crippen LogP contribution in [0.3, 0.4) is 0 Å². The lowest BCUT2D eigenvalue weighted by atomic mass is 10.0. The highest BCUT2D eigenvalue weighted by Gasteiger charge is 2.27. The minimum atomic E-state index is -0.395. The van der Waals surface area contributed by atoms with Crippen LogP contribution in [0.25, 0.3) is 22.2 Å². The van der Waals surface area contributed by atoms with Crippen molar-refractivity contribution in [1.82, 2.24) is 19.4 Å². The number of anilines is 1. The molecule has 11 nitrogen and oxygen atoms in total. The summed E-state index contributed by atoms with van der Waals surface area (Å²) in [4.78, 5) is 37.1. The van der Waals surface area contributed by atoms with Crippen LogP contribution in [0.5, 0.6) is 11.5 Å². The number of aromatic nitrogens is 3. The van der Waals surface area contributed by atoms with Crippen molar-refractivity contribution in [3.63, 3.8) is 0 Å². The van der Waals surface area contributed by atoms with E-state index in [-0.39, 0.29) is 51.9 Å². The average Bonchev–Trinajstić information content (AvgIpc) is 2.99. The molecule has 1 aliphatic heterocycles. The number of nitrogens with zero attached hydrogens (tertiary/aromatic N) is 5. The zero-order valence-corrected chi connectivity index (χ0v) is 24.7. The Labute approximate surface area is 247 Å². The van der Waals surface area contributed by atoms with Gasteiger partial charge in [0, 0.05) is 43.4 Å². The summed E-state index contributed by atoms with van der Waals surface area (Å²) in [5, 5.41) is 13.0. The number of halogens is 2. The zero-order chi connectivity index (χ0) is 29.7. The van der Waals surface area contributed by atoms with Gasteiger partial charge in [0.05, 0.1) is 49.1 Å². The largest absolute Gasteiger partial charge is 0.495 e. The number of amides is 1. The van der Waals surface area contributed by atoms with E-state index >= 15 is 0 Å². The van der Waals surface area contributed by atoms with Gasteiger partial charge in [0.25, 0.3) is 11.5 Å². The molecule has 0 aliphatic carbocycles. The van der Waals surface area contributed by atoms with Crippen LogP contribution in [0.15, 0.2) is 34.8 Å². The van der Waals surface area contributed by atoms with Crippen molar-refractivity contribution in [2.75, 3.05) is 46.3 Å². The molecule has 0 bridgehead atoms. The lowest BCUT2D eigenvalue weighted by Gasteiger charge is -2.32. The fraction of sp³-hybridized carbons (Fsp3) is 0.393. The molecule has 1 N–H and O–H groups in total. The molecule has 1 aromatic carbocycles. The monoisotopic (exact) mass is 600 g/mol. The maximum absolute atomic E-state index is 14.0. The second kappa shape index (κ2) is 13.2. The highest BCUT2D eigenvalue weighted by molar-refractivity contribution is 6.41. The molecule has 1 atom stereocenters. The number of allylic oxidation sites excluding steroid dienone is 1. The van der Waals surface area contributed by atoms with Gasteiger partial charge in [-0.05, 0) is 25.8 Å². The number of pyridine rings is 1. The molecule has 0 saturated carbocycles. The summed E-state index contributed by atoms with van der Waals surface area (Å²) in [5.74, 6) is 0.634. The van der Waals surface area contributed by atoms with Gasteiger partial charge in [-0.15, -0.1) is 0 Å². The summed E-state index contributed by atoms with van der Waals surface area (Å²) in [6.45, 7) is 2.90. The first-order chi connectivity index (χ1) is 19.8. The van der Waals surface area contributed by atoms with Crippen LogP contribution in [0, 0.1) is 11.3 Å². The third kappa shape index (κ3) is 6.10. The maximum atomic E-state index is 14.0. The lowest BCUT2D eigenvalue weighted by Crippen LogP contribution is -2.44.